The fourth-order valence-electron chi connectivity index (χ4n) is 3.21. The van der Waals surface area contributed by atoms with Crippen LogP contribution >= 0.6 is 0 Å². The Labute approximate surface area is 123 Å². The molecule has 108 valence electrons. The summed E-state index contributed by atoms with van der Waals surface area (Å²) in [6.45, 7) is 2.29. The number of aromatic nitrogens is 1. The number of anilines is 1. The monoisotopic (exact) mass is 282 g/mol. The third-order valence-electron chi connectivity index (χ3n) is 4.69. The molecule has 0 atom stereocenters. The van der Waals surface area contributed by atoms with Crippen LogP contribution in [-0.2, 0) is 4.74 Å². The van der Waals surface area contributed by atoms with Crippen LogP contribution in [0.2, 0.25) is 0 Å². The zero-order chi connectivity index (χ0) is 14.4. The van der Waals surface area contributed by atoms with Gasteiger partial charge in [0.15, 0.2) is 0 Å². The number of esters is 1. The molecule has 0 bridgehead atoms. The van der Waals surface area contributed by atoms with Crippen molar-refractivity contribution in [2.24, 2.45) is 11.8 Å². The van der Waals surface area contributed by atoms with Crippen LogP contribution in [0.25, 0.3) is 10.9 Å². The van der Waals surface area contributed by atoms with Crippen molar-refractivity contribution in [2.75, 3.05) is 25.1 Å². The van der Waals surface area contributed by atoms with Crippen LogP contribution in [0.3, 0.4) is 0 Å². The molecular weight excluding hydrogens is 264 g/mol. The maximum Gasteiger partial charge on any atom is 0.338 e. The van der Waals surface area contributed by atoms with Crippen LogP contribution in [0, 0.1) is 11.8 Å². The number of ether oxygens (including phenoxy) is 1. The van der Waals surface area contributed by atoms with Gasteiger partial charge in [-0.2, -0.15) is 0 Å². The summed E-state index contributed by atoms with van der Waals surface area (Å²) in [5.41, 5.74) is 2.60. The van der Waals surface area contributed by atoms with Crippen molar-refractivity contribution in [3.05, 3.63) is 36.0 Å². The van der Waals surface area contributed by atoms with Gasteiger partial charge in [0, 0.05) is 30.4 Å². The van der Waals surface area contributed by atoms with Crippen LogP contribution in [0.1, 0.15) is 23.2 Å². The zero-order valence-corrected chi connectivity index (χ0v) is 12.1. The maximum atomic E-state index is 11.9. The number of benzene rings is 1. The van der Waals surface area contributed by atoms with E-state index >= 15 is 0 Å². The lowest BCUT2D eigenvalue weighted by Gasteiger charge is -2.41. The summed E-state index contributed by atoms with van der Waals surface area (Å²) in [6.07, 6.45) is 4.47. The highest BCUT2D eigenvalue weighted by atomic mass is 16.5. The van der Waals surface area contributed by atoms with Gasteiger partial charge in [0.25, 0.3) is 0 Å². The molecule has 2 heterocycles. The van der Waals surface area contributed by atoms with E-state index in [1.165, 1.54) is 25.6 Å². The topological polar surface area (TPSA) is 42.4 Å². The van der Waals surface area contributed by atoms with Crippen molar-refractivity contribution < 1.29 is 9.53 Å². The van der Waals surface area contributed by atoms with E-state index in [1.54, 1.807) is 12.3 Å². The molecule has 0 amide bonds. The Kier molecular flexibility index (Phi) is 2.84. The minimum atomic E-state index is -0.306. The number of nitrogens with zero attached hydrogens (tertiary/aromatic N) is 2. The molecule has 0 radical (unpaired) electrons. The predicted molar refractivity (Wildman–Crippen MR) is 81.5 cm³/mol. The van der Waals surface area contributed by atoms with Crippen LogP contribution < -0.4 is 4.90 Å². The van der Waals surface area contributed by atoms with E-state index in [9.17, 15) is 4.79 Å². The smallest absolute Gasteiger partial charge is 0.338 e. The third-order valence-corrected chi connectivity index (χ3v) is 4.69. The molecule has 4 heteroatoms. The first kappa shape index (κ1) is 12.6. The van der Waals surface area contributed by atoms with Crippen molar-refractivity contribution in [1.82, 2.24) is 4.98 Å². The Hall–Kier alpha value is -2.10. The summed E-state index contributed by atoms with van der Waals surface area (Å²) in [4.78, 5) is 18.6. The molecule has 1 saturated carbocycles. The fraction of sp³-hybridized carbons (Fsp3) is 0.412. The van der Waals surface area contributed by atoms with Gasteiger partial charge in [-0.05, 0) is 48.9 Å². The molecule has 0 N–H and O–H groups in total. The lowest BCUT2D eigenvalue weighted by Crippen LogP contribution is -2.47. The Morgan fingerprint density at radius 2 is 2.05 bits per heavy atom. The Bertz CT molecular complexity index is 703. The average molecular weight is 282 g/mol. The summed E-state index contributed by atoms with van der Waals surface area (Å²) in [5, 5.41) is 0.872. The lowest BCUT2D eigenvalue weighted by molar-refractivity contribution is 0.0603. The van der Waals surface area contributed by atoms with Crippen molar-refractivity contribution in [3.63, 3.8) is 0 Å². The number of rotatable bonds is 3. The second-order valence-corrected chi connectivity index (χ2v) is 6.05. The number of hydrogen-bond donors (Lipinski definition) is 0. The number of hydrogen-bond acceptors (Lipinski definition) is 4. The van der Waals surface area contributed by atoms with Gasteiger partial charge in [0.1, 0.15) is 0 Å². The van der Waals surface area contributed by atoms with E-state index < -0.39 is 0 Å². The molecule has 1 aromatic carbocycles. The average Bonchev–Trinajstić information content (AvgIpc) is 3.29. The van der Waals surface area contributed by atoms with Gasteiger partial charge in [-0.25, -0.2) is 4.79 Å². The van der Waals surface area contributed by atoms with E-state index in [4.69, 9.17) is 4.74 Å². The normalized spacial score (nSPS) is 18.6. The molecule has 2 fully saturated rings. The van der Waals surface area contributed by atoms with Crippen LogP contribution in [0.5, 0.6) is 0 Å². The SMILES string of the molecule is COC(=O)c1ccnc2ccc(N3CC(C4CC4)C3)cc12. The minimum absolute atomic E-state index is 0.306. The number of fused-ring (bicyclic) bond motifs is 1. The Morgan fingerprint density at radius 3 is 2.76 bits per heavy atom. The number of carbonyl (C=O) groups is 1. The minimum Gasteiger partial charge on any atom is -0.465 e. The molecule has 4 nitrogen and oxygen atoms in total. The van der Waals surface area contributed by atoms with E-state index in [2.05, 4.69) is 22.0 Å². The fourth-order valence-corrected chi connectivity index (χ4v) is 3.21. The molecule has 4 rings (SSSR count). The molecule has 21 heavy (non-hydrogen) atoms. The van der Waals surface area contributed by atoms with Gasteiger partial charge >= 0.3 is 5.97 Å². The second-order valence-electron chi connectivity index (χ2n) is 6.05. The molecule has 0 spiro atoms. The summed E-state index contributed by atoms with van der Waals surface area (Å²) in [5.74, 6) is 1.53. The van der Waals surface area contributed by atoms with E-state index in [0.29, 0.717) is 5.56 Å². The van der Waals surface area contributed by atoms with Crippen molar-refractivity contribution in [3.8, 4) is 0 Å². The standard InChI is InChI=1S/C17H18N2O2/c1-21-17(20)14-6-7-18-16-5-4-13(8-15(14)16)19-9-12(10-19)11-2-3-11/h4-8,11-12H,2-3,9-10H2,1H3. The predicted octanol–water partition coefficient (Wildman–Crippen LogP) is 2.87. The van der Waals surface area contributed by atoms with Crippen molar-refractivity contribution in [2.45, 2.75) is 12.8 Å². The molecule has 1 aliphatic carbocycles. The Morgan fingerprint density at radius 1 is 1.24 bits per heavy atom. The van der Waals surface area contributed by atoms with Gasteiger partial charge in [-0.15, -0.1) is 0 Å². The second kappa shape index (κ2) is 4.72. The lowest BCUT2D eigenvalue weighted by atomic mass is 9.93. The van der Waals surface area contributed by atoms with Gasteiger partial charge in [0.05, 0.1) is 18.2 Å². The van der Waals surface area contributed by atoms with Gasteiger partial charge < -0.3 is 9.64 Å². The zero-order valence-electron chi connectivity index (χ0n) is 12.1. The van der Waals surface area contributed by atoms with Crippen LogP contribution in [0.4, 0.5) is 5.69 Å². The largest absolute Gasteiger partial charge is 0.465 e. The molecule has 2 aliphatic rings. The summed E-state index contributed by atoms with van der Waals surface area (Å²) < 4.78 is 4.86. The van der Waals surface area contributed by atoms with Crippen LogP contribution in [-0.4, -0.2) is 31.2 Å². The van der Waals surface area contributed by atoms with Gasteiger partial charge in [-0.3, -0.25) is 4.98 Å². The van der Waals surface area contributed by atoms with Crippen molar-refractivity contribution in [1.29, 1.82) is 0 Å². The highest BCUT2D eigenvalue weighted by Gasteiger charge is 2.39. The first-order chi connectivity index (χ1) is 10.3. The Balaban J connectivity index is 1.66. The van der Waals surface area contributed by atoms with E-state index in [0.717, 1.165) is 35.8 Å². The first-order valence-electron chi connectivity index (χ1n) is 7.48. The van der Waals surface area contributed by atoms with Crippen LogP contribution in [0.15, 0.2) is 30.5 Å². The van der Waals surface area contributed by atoms with Gasteiger partial charge in [-0.1, -0.05) is 0 Å². The number of carbonyl (C=O) groups excluding carboxylic acids is 1. The van der Waals surface area contributed by atoms with Gasteiger partial charge in [0.2, 0.25) is 0 Å². The maximum absolute atomic E-state index is 11.9. The number of methoxy groups -OCH3 is 1. The molecule has 0 unspecified atom stereocenters. The summed E-state index contributed by atoms with van der Waals surface area (Å²) >= 11 is 0. The molecule has 2 aromatic rings. The summed E-state index contributed by atoms with van der Waals surface area (Å²) in [6, 6.07) is 7.87. The van der Waals surface area contributed by atoms with E-state index in [1.807, 2.05) is 6.07 Å². The summed E-state index contributed by atoms with van der Waals surface area (Å²) in [7, 11) is 1.41. The molecule has 1 aliphatic heterocycles. The quantitative estimate of drug-likeness (QED) is 0.812. The van der Waals surface area contributed by atoms with Crippen molar-refractivity contribution >= 4 is 22.6 Å². The number of pyridine rings is 1. The highest BCUT2D eigenvalue weighted by molar-refractivity contribution is 6.04. The first-order valence-corrected chi connectivity index (χ1v) is 7.48. The molecule has 1 aromatic heterocycles. The van der Waals surface area contributed by atoms with E-state index in [-0.39, 0.29) is 5.97 Å². The molecular formula is C17H18N2O2. The third kappa shape index (κ3) is 2.15. The molecule has 1 saturated heterocycles. The highest BCUT2D eigenvalue weighted by Crippen LogP contribution is 2.42.